The molecule has 1 unspecified atom stereocenters. The van der Waals surface area contributed by atoms with E-state index >= 15 is 0 Å². The molecule has 0 spiro atoms. The second-order valence-electron chi connectivity index (χ2n) is 2.85. The third kappa shape index (κ3) is 6.20. The fourth-order valence-corrected chi connectivity index (χ4v) is 0.911. The number of hydrogen-bond donors (Lipinski definition) is 2. The summed E-state index contributed by atoms with van der Waals surface area (Å²) in [5.74, 6) is -0.833. The minimum atomic E-state index is -0.833. The van der Waals surface area contributed by atoms with E-state index < -0.39 is 5.97 Å². The van der Waals surface area contributed by atoms with Crippen molar-refractivity contribution in [3.63, 3.8) is 0 Å². The first-order valence-corrected chi connectivity index (χ1v) is 4.50. The molecule has 3 heteroatoms. The first-order chi connectivity index (χ1) is 6.57. The second-order valence-corrected chi connectivity index (χ2v) is 2.85. The van der Waals surface area contributed by atoms with E-state index in [1.807, 2.05) is 37.3 Å². The molecule has 0 aromatic heterocycles. The molecule has 0 saturated carbocycles. The maximum absolute atomic E-state index is 9.33. The number of carboxylic acid groups (broad SMARTS) is 1. The Bertz CT molecular complexity index is 252. The summed E-state index contributed by atoms with van der Waals surface area (Å²) in [4.78, 5) is 9.00. The van der Waals surface area contributed by atoms with E-state index in [-0.39, 0.29) is 6.10 Å². The lowest BCUT2D eigenvalue weighted by atomic mass is 10.1. The normalized spacial score (nSPS) is 11.1. The van der Waals surface area contributed by atoms with Crippen molar-refractivity contribution in [2.45, 2.75) is 26.4 Å². The van der Waals surface area contributed by atoms with Crippen LogP contribution in [0.3, 0.4) is 0 Å². The Morgan fingerprint density at radius 1 is 1.36 bits per heavy atom. The highest BCUT2D eigenvalue weighted by Gasteiger charge is 2.00. The summed E-state index contributed by atoms with van der Waals surface area (Å²) in [5, 5.41) is 16.7. The SMILES string of the molecule is CC(=O)O.CCC(O)c1ccccc1. The monoisotopic (exact) mass is 196 g/mol. The molecule has 0 amide bonds. The van der Waals surface area contributed by atoms with Crippen LogP contribution in [0.2, 0.25) is 0 Å². The zero-order valence-corrected chi connectivity index (χ0v) is 8.47. The summed E-state index contributed by atoms with van der Waals surface area (Å²) in [7, 11) is 0. The highest BCUT2D eigenvalue weighted by Crippen LogP contribution is 2.14. The number of benzene rings is 1. The lowest BCUT2D eigenvalue weighted by Crippen LogP contribution is -1.93. The summed E-state index contributed by atoms with van der Waals surface area (Å²) >= 11 is 0. The summed E-state index contributed by atoms with van der Waals surface area (Å²) < 4.78 is 0. The van der Waals surface area contributed by atoms with E-state index in [1.54, 1.807) is 0 Å². The summed E-state index contributed by atoms with van der Waals surface area (Å²) in [6.07, 6.45) is 0.491. The number of aliphatic hydroxyl groups is 1. The van der Waals surface area contributed by atoms with Crippen LogP contribution in [-0.4, -0.2) is 16.2 Å². The minimum absolute atomic E-state index is 0.291. The molecule has 2 N–H and O–H groups in total. The summed E-state index contributed by atoms with van der Waals surface area (Å²) in [6.45, 7) is 3.05. The number of aliphatic hydroxyl groups excluding tert-OH is 1. The maximum atomic E-state index is 9.33. The number of hydrogen-bond acceptors (Lipinski definition) is 2. The number of rotatable bonds is 2. The van der Waals surface area contributed by atoms with Crippen LogP contribution in [-0.2, 0) is 4.79 Å². The number of carboxylic acids is 1. The fourth-order valence-electron chi connectivity index (χ4n) is 0.911. The Balaban J connectivity index is 0.000000364. The molecule has 78 valence electrons. The molecule has 0 heterocycles. The Morgan fingerprint density at radius 3 is 2.14 bits per heavy atom. The molecule has 1 rings (SSSR count). The van der Waals surface area contributed by atoms with Gasteiger partial charge in [-0.05, 0) is 12.0 Å². The predicted molar refractivity (Wildman–Crippen MR) is 55.0 cm³/mol. The van der Waals surface area contributed by atoms with Gasteiger partial charge >= 0.3 is 0 Å². The van der Waals surface area contributed by atoms with Gasteiger partial charge in [0.25, 0.3) is 5.97 Å². The van der Waals surface area contributed by atoms with Gasteiger partial charge in [-0.2, -0.15) is 0 Å². The van der Waals surface area contributed by atoms with Crippen molar-refractivity contribution in [2.75, 3.05) is 0 Å². The van der Waals surface area contributed by atoms with Crippen molar-refractivity contribution in [1.82, 2.24) is 0 Å². The summed E-state index contributed by atoms with van der Waals surface area (Å²) in [5.41, 5.74) is 1.00. The lowest BCUT2D eigenvalue weighted by Gasteiger charge is -2.05. The molecule has 0 aliphatic rings. The van der Waals surface area contributed by atoms with Gasteiger partial charge in [-0.3, -0.25) is 4.79 Å². The van der Waals surface area contributed by atoms with E-state index in [0.29, 0.717) is 0 Å². The average Bonchev–Trinajstić information content (AvgIpc) is 2.17. The van der Waals surface area contributed by atoms with Crippen molar-refractivity contribution in [3.8, 4) is 0 Å². The van der Waals surface area contributed by atoms with Gasteiger partial charge in [-0.25, -0.2) is 0 Å². The van der Waals surface area contributed by atoms with Crippen LogP contribution >= 0.6 is 0 Å². The van der Waals surface area contributed by atoms with Gasteiger partial charge < -0.3 is 10.2 Å². The smallest absolute Gasteiger partial charge is 0.300 e. The third-order valence-corrected chi connectivity index (χ3v) is 1.57. The van der Waals surface area contributed by atoms with E-state index in [4.69, 9.17) is 9.90 Å². The van der Waals surface area contributed by atoms with Gasteiger partial charge in [0.05, 0.1) is 6.10 Å². The minimum Gasteiger partial charge on any atom is -0.481 e. The highest BCUT2D eigenvalue weighted by molar-refractivity contribution is 5.62. The quantitative estimate of drug-likeness (QED) is 0.762. The van der Waals surface area contributed by atoms with Crippen LogP contribution in [0.1, 0.15) is 31.9 Å². The second kappa shape index (κ2) is 7.09. The van der Waals surface area contributed by atoms with E-state index in [1.165, 1.54) is 0 Å². The predicted octanol–water partition coefficient (Wildman–Crippen LogP) is 2.22. The lowest BCUT2D eigenvalue weighted by molar-refractivity contribution is -0.134. The van der Waals surface area contributed by atoms with Gasteiger partial charge in [0.15, 0.2) is 0 Å². The van der Waals surface area contributed by atoms with Gasteiger partial charge in [0.1, 0.15) is 0 Å². The highest BCUT2D eigenvalue weighted by atomic mass is 16.4. The molecule has 0 saturated heterocycles. The van der Waals surface area contributed by atoms with Crippen molar-refractivity contribution in [3.05, 3.63) is 35.9 Å². The van der Waals surface area contributed by atoms with Crippen LogP contribution in [0.15, 0.2) is 30.3 Å². The zero-order valence-electron chi connectivity index (χ0n) is 8.47. The molecule has 0 radical (unpaired) electrons. The van der Waals surface area contributed by atoms with Crippen LogP contribution in [0.25, 0.3) is 0 Å². The van der Waals surface area contributed by atoms with Crippen molar-refractivity contribution in [1.29, 1.82) is 0 Å². The van der Waals surface area contributed by atoms with Crippen molar-refractivity contribution in [2.24, 2.45) is 0 Å². The molecule has 0 aliphatic carbocycles. The van der Waals surface area contributed by atoms with Crippen LogP contribution in [0, 0.1) is 0 Å². The first kappa shape index (κ1) is 12.7. The Morgan fingerprint density at radius 2 is 1.79 bits per heavy atom. The maximum Gasteiger partial charge on any atom is 0.300 e. The molecule has 3 nitrogen and oxygen atoms in total. The fraction of sp³-hybridized carbons (Fsp3) is 0.364. The molecule has 0 aliphatic heterocycles. The molecule has 14 heavy (non-hydrogen) atoms. The van der Waals surface area contributed by atoms with E-state index in [9.17, 15) is 5.11 Å². The molecular formula is C11H16O3. The average molecular weight is 196 g/mol. The molecule has 0 bridgehead atoms. The standard InChI is InChI=1S/C9H12O.C2H4O2/c1-2-9(10)8-6-4-3-5-7-8;1-2(3)4/h3-7,9-10H,2H2,1H3;1H3,(H,3,4). The third-order valence-electron chi connectivity index (χ3n) is 1.57. The Kier molecular flexibility index (Phi) is 6.41. The van der Waals surface area contributed by atoms with E-state index in [0.717, 1.165) is 18.9 Å². The van der Waals surface area contributed by atoms with Gasteiger partial charge in [0.2, 0.25) is 0 Å². The van der Waals surface area contributed by atoms with E-state index in [2.05, 4.69) is 0 Å². The van der Waals surface area contributed by atoms with Gasteiger partial charge in [-0.15, -0.1) is 0 Å². The Hall–Kier alpha value is -1.35. The van der Waals surface area contributed by atoms with Gasteiger partial charge in [-0.1, -0.05) is 37.3 Å². The van der Waals surface area contributed by atoms with Crippen LogP contribution < -0.4 is 0 Å². The topological polar surface area (TPSA) is 57.5 Å². The largest absolute Gasteiger partial charge is 0.481 e. The molecule has 1 aromatic rings. The van der Waals surface area contributed by atoms with Crippen LogP contribution in [0.5, 0.6) is 0 Å². The first-order valence-electron chi connectivity index (χ1n) is 4.50. The molecule has 0 fully saturated rings. The zero-order chi connectivity index (χ0) is 11.0. The van der Waals surface area contributed by atoms with Gasteiger partial charge in [0, 0.05) is 6.92 Å². The molecule has 1 aromatic carbocycles. The Labute approximate surface area is 84.0 Å². The summed E-state index contributed by atoms with van der Waals surface area (Å²) in [6, 6.07) is 9.70. The molecule has 1 atom stereocenters. The number of aliphatic carboxylic acids is 1. The van der Waals surface area contributed by atoms with Crippen molar-refractivity contribution >= 4 is 5.97 Å². The molecular weight excluding hydrogens is 180 g/mol. The number of carbonyl (C=O) groups is 1. The van der Waals surface area contributed by atoms with Crippen molar-refractivity contribution < 1.29 is 15.0 Å². The van der Waals surface area contributed by atoms with Crippen LogP contribution in [0.4, 0.5) is 0 Å².